The highest BCUT2D eigenvalue weighted by molar-refractivity contribution is 6.01. The van der Waals surface area contributed by atoms with Crippen molar-refractivity contribution in [1.82, 2.24) is 24.7 Å². The van der Waals surface area contributed by atoms with Crippen LogP contribution in [0.5, 0.6) is 0 Å². The molecule has 1 unspecified atom stereocenters. The molecule has 1 saturated heterocycles. The molecule has 1 aromatic carbocycles. The third-order valence-electron chi connectivity index (χ3n) is 6.19. The van der Waals surface area contributed by atoms with Crippen molar-refractivity contribution in [3.63, 3.8) is 0 Å². The van der Waals surface area contributed by atoms with Crippen molar-refractivity contribution >= 4 is 45.0 Å². The molecule has 0 bridgehead atoms. The minimum Gasteiger partial charge on any atom is -0.436 e. The van der Waals surface area contributed by atoms with Crippen LogP contribution in [0, 0.1) is 0 Å². The zero-order valence-electron chi connectivity index (χ0n) is 19.8. The lowest BCUT2D eigenvalue weighted by Crippen LogP contribution is -2.41. The Balaban J connectivity index is 1.41. The van der Waals surface area contributed by atoms with Crippen molar-refractivity contribution in [3.05, 3.63) is 48.9 Å². The first-order valence-electron chi connectivity index (χ1n) is 11.6. The van der Waals surface area contributed by atoms with Gasteiger partial charge in [0.2, 0.25) is 5.89 Å². The van der Waals surface area contributed by atoms with E-state index in [0.29, 0.717) is 11.7 Å². The number of ether oxygens (including phenoxy) is 1. The summed E-state index contributed by atoms with van der Waals surface area (Å²) in [5.74, 6) is 2.64. The molecular weight excluding hydrogens is 444 g/mol. The maximum atomic E-state index is 6.19. The molecule has 1 aliphatic heterocycles. The Morgan fingerprint density at radius 2 is 1.97 bits per heavy atom. The number of hydrogen-bond donors (Lipinski definition) is 2. The van der Waals surface area contributed by atoms with Crippen LogP contribution in [0.1, 0.15) is 6.92 Å². The van der Waals surface area contributed by atoms with Crippen LogP contribution >= 0.6 is 0 Å². The largest absolute Gasteiger partial charge is 0.436 e. The quantitative estimate of drug-likeness (QED) is 0.391. The second-order valence-electron chi connectivity index (χ2n) is 8.68. The highest BCUT2D eigenvalue weighted by Gasteiger charge is 2.19. The van der Waals surface area contributed by atoms with Crippen molar-refractivity contribution in [3.8, 4) is 11.5 Å². The molecule has 0 radical (unpaired) electrons. The minimum absolute atomic E-state index is 0.206. The fourth-order valence-corrected chi connectivity index (χ4v) is 4.47. The number of aryl methyl sites for hydroxylation is 1. The summed E-state index contributed by atoms with van der Waals surface area (Å²) in [5, 5.41) is 12.6. The van der Waals surface area contributed by atoms with E-state index >= 15 is 0 Å². The van der Waals surface area contributed by atoms with Gasteiger partial charge in [0.1, 0.15) is 17.2 Å². The van der Waals surface area contributed by atoms with E-state index in [0.717, 1.165) is 64.5 Å². The third-order valence-corrected chi connectivity index (χ3v) is 6.19. The van der Waals surface area contributed by atoms with Gasteiger partial charge in [0.25, 0.3) is 0 Å². The first-order valence-corrected chi connectivity index (χ1v) is 11.6. The molecule has 35 heavy (non-hydrogen) atoms. The molecule has 5 aromatic rings. The van der Waals surface area contributed by atoms with Gasteiger partial charge in [0.05, 0.1) is 18.3 Å². The van der Waals surface area contributed by atoms with Crippen LogP contribution in [0.4, 0.5) is 23.1 Å². The number of hydrogen-bond acceptors (Lipinski definition) is 9. The van der Waals surface area contributed by atoms with Crippen LogP contribution in [0.3, 0.4) is 0 Å². The monoisotopic (exact) mass is 470 g/mol. The first kappa shape index (κ1) is 21.4. The summed E-state index contributed by atoms with van der Waals surface area (Å²) in [6, 6.07) is 10.00. The molecule has 2 N–H and O–H groups in total. The van der Waals surface area contributed by atoms with E-state index in [-0.39, 0.29) is 6.10 Å². The lowest BCUT2D eigenvalue weighted by molar-refractivity contribution is 0.0532. The van der Waals surface area contributed by atoms with E-state index in [9.17, 15) is 0 Å². The summed E-state index contributed by atoms with van der Waals surface area (Å²) in [7, 11) is 3.72. The number of rotatable bonds is 5. The van der Waals surface area contributed by atoms with E-state index in [4.69, 9.17) is 14.1 Å². The lowest BCUT2D eigenvalue weighted by Gasteiger charge is -2.32. The normalized spacial score (nSPS) is 16.2. The predicted octanol–water partition coefficient (Wildman–Crippen LogP) is 4.18. The predicted molar refractivity (Wildman–Crippen MR) is 136 cm³/mol. The SMILES string of the molecule is CNc1ncc(-c2nc3cc(N4CCOC(C)C4)ccc3o2)c2cc(Nc3ccn(C)n3)ncc12. The van der Waals surface area contributed by atoms with Gasteiger partial charge in [-0.1, -0.05) is 0 Å². The number of morpholine rings is 1. The minimum atomic E-state index is 0.206. The summed E-state index contributed by atoms with van der Waals surface area (Å²) in [5.41, 5.74) is 3.45. The molecule has 6 rings (SSSR count). The summed E-state index contributed by atoms with van der Waals surface area (Å²) in [6.45, 7) is 4.54. The Hall–Kier alpha value is -4.18. The molecule has 10 nitrogen and oxygen atoms in total. The third kappa shape index (κ3) is 4.01. The van der Waals surface area contributed by atoms with Crippen LogP contribution in [0.15, 0.2) is 53.3 Å². The highest BCUT2D eigenvalue weighted by Crippen LogP contribution is 2.35. The van der Waals surface area contributed by atoms with Crippen LogP contribution < -0.4 is 15.5 Å². The number of nitrogens with zero attached hydrogens (tertiary/aromatic N) is 6. The van der Waals surface area contributed by atoms with E-state index in [2.05, 4.69) is 49.7 Å². The fraction of sp³-hybridized carbons (Fsp3) is 0.280. The Morgan fingerprint density at radius 1 is 1.06 bits per heavy atom. The molecule has 5 heterocycles. The molecule has 0 aliphatic carbocycles. The van der Waals surface area contributed by atoms with Gasteiger partial charge in [-0.15, -0.1) is 0 Å². The Kier molecular flexibility index (Phi) is 5.22. The lowest BCUT2D eigenvalue weighted by atomic mass is 10.1. The van der Waals surface area contributed by atoms with Gasteiger partial charge in [0.15, 0.2) is 11.4 Å². The second-order valence-corrected chi connectivity index (χ2v) is 8.68. The number of anilines is 4. The van der Waals surface area contributed by atoms with Crippen molar-refractivity contribution in [2.75, 3.05) is 42.3 Å². The first-order chi connectivity index (χ1) is 17.1. The molecule has 0 spiro atoms. The molecule has 1 aliphatic rings. The Labute approximate surface area is 201 Å². The molecule has 10 heteroatoms. The van der Waals surface area contributed by atoms with E-state index < -0.39 is 0 Å². The Bertz CT molecular complexity index is 1530. The van der Waals surface area contributed by atoms with Gasteiger partial charge in [-0.2, -0.15) is 5.10 Å². The van der Waals surface area contributed by atoms with Crippen molar-refractivity contribution in [1.29, 1.82) is 0 Å². The van der Waals surface area contributed by atoms with E-state index in [1.807, 2.05) is 38.5 Å². The molecular formula is C25H26N8O2. The van der Waals surface area contributed by atoms with Gasteiger partial charge in [-0.3, -0.25) is 4.68 Å². The average molecular weight is 471 g/mol. The van der Waals surface area contributed by atoms with Crippen LogP contribution in [-0.4, -0.2) is 57.6 Å². The van der Waals surface area contributed by atoms with Crippen LogP contribution in [0.25, 0.3) is 33.3 Å². The zero-order valence-corrected chi connectivity index (χ0v) is 19.8. The number of pyridine rings is 2. The zero-order chi connectivity index (χ0) is 23.9. The standard InChI is InChI=1S/C25H26N8O2/c1-15-14-33(8-9-34-15)16-4-5-21-20(10-16)29-25(35-21)19-13-28-24(26-2)18-12-27-23(11-17(18)19)30-22-6-7-32(3)31-22/h4-7,10-13,15H,8-9,14H2,1-3H3,(H,26,28)(H,27,30,31). The molecule has 1 fully saturated rings. The maximum absolute atomic E-state index is 6.19. The fourth-order valence-electron chi connectivity index (χ4n) is 4.47. The number of nitrogens with one attached hydrogen (secondary N) is 2. The molecule has 0 saturated carbocycles. The molecule has 178 valence electrons. The van der Waals surface area contributed by atoms with Crippen molar-refractivity contribution in [2.45, 2.75) is 13.0 Å². The molecule has 1 atom stereocenters. The number of oxazole rings is 1. The Morgan fingerprint density at radius 3 is 2.77 bits per heavy atom. The number of fused-ring (bicyclic) bond motifs is 2. The van der Waals surface area contributed by atoms with E-state index in [1.165, 1.54) is 0 Å². The number of aromatic nitrogens is 5. The van der Waals surface area contributed by atoms with Gasteiger partial charge < -0.3 is 24.7 Å². The van der Waals surface area contributed by atoms with Gasteiger partial charge in [0, 0.05) is 68.3 Å². The summed E-state index contributed by atoms with van der Waals surface area (Å²) in [4.78, 5) is 16.3. The number of benzene rings is 1. The maximum Gasteiger partial charge on any atom is 0.229 e. The molecule has 0 amide bonds. The smallest absolute Gasteiger partial charge is 0.229 e. The van der Waals surface area contributed by atoms with Gasteiger partial charge >= 0.3 is 0 Å². The van der Waals surface area contributed by atoms with Crippen molar-refractivity contribution in [2.24, 2.45) is 7.05 Å². The summed E-state index contributed by atoms with van der Waals surface area (Å²) >= 11 is 0. The summed E-state index contributed by atoms with van der Waals surface area (Å²) < 4.78 is 13.6. The highest BCUT2D eigenvalue weighted by atomic mass is 16.5. The topological polar surface area (TPSA) is 106 Å². The van der Waals surface area contributed by atoms with Crippen molar-refractivity contribution < 1.29 is 9.15 Å². The van der Waals surface area contributed by atoms with Gasteiger partial charge in [-0.05, 0) is 31.2 Å². The summed E-state index contributed by atoms with van der Waals surface area (Å²) in [6.07, 6.45) is 5.66. The molecule has 4 aromatic heterocycles. The average Bonchev–Trinajstić information content (AvgIpc) is 3.48. The van der Waals surface area contributed by atoms with Gasteiger partial charge in [-0.25, -0.2) is 15.0 Å². The van der Waals surface area contributed by atoms with Crippen LogP contribution in [0.2, 0.25) is 0 Å². The van der Waals surface area contributed by atoms with E-state index in [1.54, 1.807) is 17.1 Å². The van der Waals surface area contributed by atoms with Crippen LogP contribution in [-0.2, 0) is 11.8 Å². The second kappa shape index (κ2) is 8.55.